The van der Waals surface area contributed by atoms with Gasteiger partial charge in [-0.3, -0.25) is 9.30 Å². The zero-order valence-electron chi connectivity index (χ0n) is 14.5. The first-order valence-electron chi connectivity index (χ1n) is 8.98. The number of rotatable bonds is 3. The van der Waals surface area contributed by atoms with Gasteiger partial charge in [0.25, 0.3) is 0 Å². The molecule has 0 N–H and O–H groups in total. The minimum atomic E-state index is 0.795. The standard InChI is InChI=1S/C20H20N6/c1-2-6-16(7-3-1)25-12-10-24(11-13-25)14-19-22-23-20-17-8-4-5-9-18(17)21-15-26(19)20/h1-9,15H,10-14H2. The Hall–Kier alpha value is -2.99. The van der Waals surface area contributed by atoms with Gasteiger partial charge in [-0.2, -0.15) is 0 Å². The van der Waals surface area contributed by atoms with Crippen LogP contribution >= 0.6 is 0 Å². The van der Waals surface area contributed by atoms with Gasteiger partial charge in [0.2, 0.25) is 0 Å². The molecule has 0 aliphatic carbocycles. The second-order valence-corrected chi connectivity index (χ2v) is 6.67. The van der Waals surface area contributed by atoms with E-state index >= 15 is 0 Å². The SMILES string of the molecule is c1ccc(N2CCN(Cc3nnc4c5ccccc5ncn34)CC2)cc1. The molecular weight excluding hydrogens is 324 g/mol. The number of nitrogens with zero attached hydrogens (tertiary/aromatic N) is 6. The van der Waals surface area contributed by atoms with Crippen molar-refractivity contribution in [2.45, 2.75) is 6.54 Å². The minimum Gasteiger partial charge on any atom is -0.369 e. The van der Waals surface area contributed by atoms with Crippen LogP contribution in [0.5, 0.6) is 0 Å². The van der Waals surface area contributed by atoms with Gasteiger partial charge in [0.05, 0.1) is 12.1 Å². The number of piperazine rings is 1. The van der Waals surface area contributed by atoms with Crippen molar-refractivity contribution in [3.8, 4) is 0 Å². The molecule has 2 aromatic carbocycles. The molecule has 5 rings (SSSR count). The summed E-state index contributed by atoms with van der Waals surface area (Å²) in [6, 6.07) is 18.7. The van der Waals surface area contributed by atoms with E-state index < -0.39 is 0 Å². The van der Waals surface area contributed by atoms with E-state index in [0.717, 1.165) is 55.1 Å². The van der Waals surface area contributed by atoms with Crippen LogP contribution in [0.3, 0.4) is 0 Å². The van der Waals surface area contributed by atoms with Crippen LogP contribution in [0.15, 0.2) is 60.9 Å². The van der Waals surface area contributed by atoms with Crippen molar-refractivity contribution in [3.05, 3.63) is 66.7 Å². The van der Waals surface area contributed by atoms with E-state index in [9.17, 15) is 0 Å². The molecule has 26 heavy (non-hydrogen) atoms. The summed E-state index contributed by atoms with van der Waals surface area (Å²) < 4.78 is 2.02. The molecule has 0 radical (unpaired) electrons. The molecule has 0 unspecified atom stereocenters. The van der Waals surface area contributed by atoms with E-state index in [2.05, 4.69) is 61.4 Å². The third-order valence-electron chi connectivity index (χ3n) is 5.08. The average molecular weight is 344 g/mol. The summed E-state index contributed by atoms with van der Waals surface area (Å²) in [6.07, 6.45) is 1.84. The highest BCUT2D eigenvalue weighted by molar-refractivity contribution is 5.90. The lowest BCUT2D eigenvalue weighted by atomic mass is 10.2. The Bertz CT molecular complexity index is 1030. The van der Waals surface area contributed by atoms with Crippen LogP contribution in [0.1, 0.15) is 5.82 Å². The summed E-state index contributed by atoms with van der Waals surface area (Å²) >= 11 is 0. The van der Waals surface area contributed by atoms with Crippen LogP contribution in [-0.4, -0.2) is 50.7 Å². The van der Waals surface area contributed by atoms with Gasteiger partial charge in [-0.05, 0) is 24.3 Å². The fraction of sp³-hybridized carbons (Fsp3) is 0.250. The van der Waals surface area contributed by atoms with E-state index in [1.807, 2.05) is 28.9 Å². The maximum absolute atomic E-state index is 4.54. The Morgan fingerprint density at radius 1 is 0.808 bits per heavy atom. The van der Waals surface area contributed by atoms with Crippen molar-refractivity contribution in [1.29, 1.82) is 0 Å². The minimum absolute atomic E-state index is 0.795. The highest BCUT2D eigenvalue weighted by Crippen LogP contribution is 2.19. The molecule has 0 atom stereocenters. The third kappa shape index (κ3) is 2.68. The Labute approximate surface area is 151 Å². The highest BCUT2D eigenvalue weighted by Gasteiger charge is 2.19. The van der Waals surface area contributed by atoms with E-state index in [4.69, 9.17) is 0 Å². The molecule has 2 aromatic heterocycles. The Morgan fingerprint density at radius 3 is 2.42 bits per heavy atom. The average Bonchev–Trinajstić information content (AvgIpc) is 3.12. The highest BCUT2D eigenvalue weighted by atomic mass is 15.3. The number of aromatic nitrogens is 4. The Kier molecular flexibility index (Phi) is 3.75. The van der Waals surface area contributed by atoms with Gasteiger partial charge in [-0.1, -0.05) is 30.3 Å². The van der Waals surface area contributed by atoms with Gasteiger partial charge < -0.3 is 4.90 Å². The molecule has 0 bridgehead atoms. The molecule has 1 fully saturated rings. The summed E-state index contributed by atoms with van der Waals surface area (Å²) in [5, 5.41) is 9.89. The number of hydrogen-bond acceptors (Lipinski definition) is 5. The lowest BCUT2D eigenvalue weighted by molar-refractivity contribution is 0.243. The lowest BCUT2D eigenvalue weighted by Gasteiger charge is -2.35. The largest absolute Gasteiger partial charge is 0.369 e. The number of para-hydroxylation sites is 2. The van der Waals surface area contributed by atoms with Crippen molar-refractivity contribution in [3.63, 3.8) is 0 Å². The number of hydrogen-bond donors (Lipinski definition) is 0. The molecule has 6 nitrogen and oxygen atoms in total. The second kappa shape index (κ2) is 6.38. The van der Waals surface area contributed by atoms with E-state index in [-0.39, 0.29) is 0 Å². The third-order valence-corrected chi connectivity index (χ3v) is 5.08. The number of fused-ring (bicyclic) bond motifs is 3. The van der Waals surface area contributed by atoms with Crippen molar-refractivity contribution in [1.82, 2.24) is 24.5 Å². The van der Waals surface area contributed by atoms with Crippen LogP contribution in [0, 0.1) is 0 Å². The van der Waals surface area contributed by atoms with Gasteiger partial charge in [-0.25, -0.2) is 4.98 Å². The Balaban J connectivity index is 1.34. The van der Waals surface area contributed by atoms with Gasteiger partial charge in [0.15, 0.2) is 11.5 Å². The van der Waals surface area contributed by atoms with Gasteiger partial charge in [-0.15, -0.1) is 10.2 Å². The molecule has 4 aromatic rings. The van der Waals surface area contributed by atoms with Crippen molar-refractivity contribution in [2.75, 3.05) is 31.1 Å². The van der Waals surface area contributed by atoms with Gasteiger partial charge in [0.1, 0.15) is 6.33 Å². The second-order valence-electron chi connectivity index (χ2n) is 6.67. The molecule has 0 amide bonds. The predicted molar refractivity (Wildman–Crippen MR) is 102 cm³/mol. The molecule has 1 aliphatic heterocycles. The molecule has 130 valence electrons. The summed E-state index contributed by atoms with van der Waals surface area (Å²) in [5.74, 6) is 0.950. The molecule has 1 saturated heterocycles. The summed E-state index contributed by atoms with van der Waals surface area (Å²) in [4.78, 5) is 9.42. The monoisotopic (exact) mass is 344 g/mol. The van der Waals surface area contributed by atoms with E-state index in [0.29, 0.717) is 0 Å². The first-order valence-corrected chi connectivity index (χ1v) is 8.98. The Morgan fingerprint density at radius 2 is 1.58 bits per heavy atom. The summed E-state index contributed by atoms with van der Waals surface area (Å²) in [5.41, 5.74) is 3.14. The summed E-state index contributed by atoms with van der Waals surface area (Å²) in [7, 11) is 0. The zero-order valence-corrected chi connectivity index (χ0v) is 14.5. The van der Waals surface area contributed by atoms with E-state index in [1.165, 1.54) is 5.69 Å². The van der Waals surface area contributed by atoms with Crippen LogP contribution in [0.25, 0.3) is 16.6 Å². The van der Waals surface area contributed by atoms with E-state index in [1.54, 1.807) is 0 Å². The van der Waals surface area contributed by atoms with Crippen LogP contribution in [0.2, 0.25) is 0 Å². The lowest BCUT2D eigenvalue weighted by Crippen LogP contribution is -2.46. The molecular formula is C20H20N6. The van der Waals surface area contributed by atoms with Gasteiger partial charge >= 0.3 is 0 Å². The summed E-state index contributed by atoms with van der Waals surface area (Å²) in [6.45, 7) is 4.89. The fourth-order valence-electron chi connectivity index (χ4n) is 3.63. The zero-order chi connectivity index (χ0) is 17.3. The van der Waals surface area contributed by atoms with Crippen LogP contribution < -0.4 is 4.90 Å². The fourth-order valence-corrected chi connectivity index (χ4v) is 3.63. The maximum atomic E-state index is 4.54. The van der Waals surface area contributed by atoms with Crippen LogP contribution in [0.4, 0.5) is 5.69 Å². The first-order chi connectivity index (χ1) is 12.9. The normalized spacial score (nSPS) is 15.8. The maximum Gasteiger partial charge on any atom is 0.171 e. The molecule has 0 saturated carbocycles. The van der Waals surface area contributed by atoms with Crippen molar-refractivity contribution < 1.29 is 0 Å². The van der Waals surface area contributed by atoms with Crippen LogP contribution in [-0.2, 0) is 6.54 Å². The molecule has 3 heterocycles. The van der Waals surface area contributed by atoms with Gasteiger partial charge in [0, 0.05) is 37.3 Å². The number of benzene rings is 2. The molecule has 6 heteroatoms. The molecule has 0 spiro atoms. The quantitative estimate of drug-likeness (QED) is 0.572. The topological polar surface area (TPSA) is 49.6 Å². The first kappa shape index (κ1) is 15.3. The smallest absolute Gasteiger partial charge is 0.171 e. The predicted octanol–water partition coefficient (Wildman–Crippen LogP) is 2.60. The number of anilines is 1. The van der Waals surface area contributed by atoms with Crippen molar-refractivity contribution in [2.24, 2.45) is 0 Å². The van der Waals surface area contributed by atoms with Crippen molar-refractivity contribution >= 4 is 22.2 Å². The molecule has 1 aliphatic rings.